The van der Waals surface area contributed by atoms with Gasteiger partial charge in [-0.05, 0) is 88.0 Å². The van der Waals surface area contributed by atoms with Crippen molar-refractivity contribution in [2.75, 3.05) is 24.7 Å². The van der Waals surface area contributed by atoms with E-state index in [9.17, 15) is 9.59 Å². The van der Waals surface area contributed by atoms with Crippen LogP contribution in [0.1, 0.15) is 87.6 Å². The summed E-state index contributed by atoms with van der Waals surface area (Å²) in [5, 5.41) is 0. The average molecular weight is 462 g/mol. The van der Waals surface area contributed by atoms with Gasteiger partial charge in [-0.1, -0.05) is 35.9 Å². The van der Waals surface area contributed by atoms with Crippen LogP contribution in [-0.2, 0) is 16.0 Å². The van der Waals surface area contributed by atoms with Gasteiger partial charge in [0.25, 0.3) is 0 Å². The molecule has 0 spiro atoms. The summed E-state index contributed by atoms with van der Waals surface area (Å²) in [6.07, 6.45) is 15.1. The second kappa shape index (κ2) is 11.8. The van der Waals surface area contributed by atoms with Crippen molar-refractivity contribution in [3.05, 3.63) is 64.3 Å². The van der Waals surface area contributed by atoms with E-state index in [1.54, 1.807) is 0 Å². The van der Waals surface area contributed by atoms with Crippen LogP contribution in [0.25, 0.3) is 0 Å². The molecule has 4 rings (SSSR count). The molecule has 1 heterocycles. The molecule has 2 aliphatic carbocycles. The van der Waals surface area contributed by atoms with Gasteiger partial charge in [0.15, 0.2) is 11.6 Å². The van der Waals surface area contributed by atoms with E-state index >= 15 is 0 Å². The predicted molar refractivity (Wildman–Crippen MR) is 139 cm³/mol. The first-order chi connectivity index (χ1) is 16.6. The fourth-order valence-electron chi connectivity index (χ4n) is 5.71. The molecule has 182 valence electrons. The van der Waals surface area contributed by atoms with Crippen molar-refractivity contribution < 1.29 is 14.3 Å². The molecule has 1 aromatic rings. The van der Waals surface area contributed by atoms with Crippen LogP contribution in [0, 0.1) is 0 Å². The number of ketones is 2. The van der Waals surface area contributed by atoms with Crippen LogP contribution in [0.4, 0.5) is 5.69 Å². The van der Waals surface area contributed by atoms with E-state index in [0.717, 1.165) is 92.6 Å². The maximum atomic E-state index is 13.5. The number of carbonyl (C=O) groups excluding carboxylic acids is 2. The van der Waals surface area contributed by atoms with Gasteiger partial charge in [-0.15, -0.1) is 0 Å². The Bertz CT molecular complexity index is 994. The predicted octanol–water partition coefficient (Wildman–Crippen LogP) is 6.54. The number of benzene rings is 1. The minimum absolute atomic E-state index is 0.149. The maximum absolute atomic E-state index is 13.5. The number of hydrogen-bond acceptors (Lipinski definition) is 4. The Hall–Kier alpha value is -2.46. The number of fused-ring (bicyclic) bond motifs is 1. The van der Waals surface area contributed by atoms with Crippen LogP contribution < -0.4 is 4.90 Å². The fraction of sp³-hybridized carbons (Fsp3) is 0.533. The van der Waals surface area contributed by atoms with Gasteiger partial charge >= 0.3 is 0 Å². The normalized spacial score (nSPS) is 21.9. The van der Waals surface area contributed by atoms with Crippen LogP contribution in [-0.4, -0.2) is 37.4 Å². The first kappa shape index (κ1) is 24.7. The average Bonchev–Trinajstić information content (AvgIpc) is 2.84. The molecule has 0 bridgehead atoms. The molecule has 3 aliphatic rings. The summed E-state index contributed by atoms with van der Waals surface area (Å²) in [6, 6.07) is 6.64. The fourth-order valence-corrected chi connectivity index (χ4v) is 5.71. The van der Waals surface area contributed by atoms with Crippen molar-refractivity contribution in [2.24, 2.45) is 0 Å². The number of hydrogen-bond donors (Lipinski definition) is 0. The smallest absolute Gasteiger partial charge is 0.163 e. The lowest BCUT2D eigenvalue weighted by Crippen LogP contribution is -2.40. The van der Waals surface area contributed by atoms with Crippen molar-refractivity contribution in [2.45, 2.75) is 84.1 Å². The molecule has 0 amide bonds. The van der Waals surface area contributed by atoms with E-state index in [1.165, 1.54) is 5.69 Å². The minimum atomic E-state index is 0.149. The highest BCUT2D eigenvalue weighted by Gasteiger charge is 2.26. The van der Waals surface area contributed by atoms with Crippen molar-refractivity contribution in [1.29, 1.82) is 0 Å². The Labute approximate surface area is 204 Å². The van der Waals surface area contributed by atoms with Crippen molar-refractivity contribution in [3.8, 4) is 0 Å². The molecule has 0 unspecified atom stereocenters. The van der Waals surface area contributed by atoms with E-state index in [4.69, 9.17) is 4.74 Å². The highest BCUT2D eigenvalue weighted by atomic mass is 16.5. The number of anilines is 1. The van der Waals surface area contributed by atoms with Gasteiger partial charge in [0.05, 0.1) is 0 Å². The van der Waals surface area contributed by atoms with Crippen molar-refractivity contribution in [1.82, 2.24) is 0 Å². The second-order valence-electron chi connectivity index (χ2n) is 9.87. The summed E-state index contributed by atoms with van der Waals surface area (Å²) in [6.45, 7) is 6.75. The Morgan fingerprint density at radius 1 is 1.00 bits per heavy atom. The number of allylic oxidation sites excluding steroid dienone is 6. The first-order valence-electron chi connectivity index (χ1n) is 13.1. The Morgan fingerprint density at radius 3 is 2.62 bits per heavy atom. The third-order valence-corrected chi connectivity index (χ3v) is 7.48. The Kier molecular flexibility index (Phi) is 8.55. The molecule has 4 nitrogen and oxygen atoms in total. The Balaban J connectivity index is 1.68. The van der Waals surface area contributed by atoms with Crippen LogP contribution in [0.15, 0.2) is 53.1 Å². The molecule has 34 heavy (non-hydrogen) atoms. The molecule has 0 atom stereocenters. The molecule has 0 aromatic heterocycles. The highest BCUT2D eigenvalue weighted by Crippen LogP contribution is 2.32. The zero-order valence-electron chi connectivity index (χ0n) is 20.9. The van der Waals surface area contributed by atoms with Crippen molar-refractivity contribution in [3.63, 3.8) is 0 Å². The minimum Gasteiger partial charge on any atom is -0.381 e. The summed E-state index contributed by atoms with van der Waals surface area (Å²) >= 11 is 0. The van der Waals surface area contributed by atoms with Gasteiger partial charge in [0, 0.05) is 49.9 Å². The monoisotopic (exact) mass is 461 g/mol. The topological polar surface area (TPSA) is 46.6 Å². The lowest BCUT2D eigenvalue weighted by Gasteiger charge is -2.37. The van der Waals surface area contributed by atoms with Crippen LogP contribution in [0.2, 0.25) is 0 Å². The van der Waals surface area contributed by atoms with E-state index in [-0.39, 0.29) is 11.6 Å². The summed E-state index contributed by atoms with van der Waals surface area (Å²) in [4.78, 5) is 28.9. The molecule has 0 saturated carbocycles. The van der Waals surface area contributed by atoms with E-state index in [1.807, 2.05) is 19.1 Å². The SMILES string of the molecule is CCN(c1cccc2c1C/C=C/CCCCC1=C(CCC2=O)C(=O)CC(C)=C1)C1CCOCC1. The third-order valence-electron chi connectivity index (χ3n) is 7.48. The molecule has 0 radical (unpaired) electrons. The van der Waals surface area contributed by atoms with Gasteiger partial charge in [-0.3, -0.25) is 9.59 Å². The number of carbonyl (C=O) groups is 2. The van der Waals surface area contributed by atoms with Crippen LogP contribution in [0.5, 0.6) is 0 Å². The first-order valence-corrected chi connectivity index (χ1v) is 13.1. The van der Waals surface area contributed by atoms with Crippen molar-refractivity contribution >= 4 is 17.3 Å². The van der Waals surface area contributed by atoms with Crippen LogP contribution in [0.3, 0.4) is 0 Å². The zero-order chi connectivity index (χ0) is 23.9. The summed E-state index contributed by atoms with van der Waals surface area (Å²) < 4.78 is 5.61. The number of rotatable bonds is 3. The lowest BCUT2D eigenvalue weighted by atomic mass is 9.85. The van der Waals surface area contributed by atoms with E-state index in [0.29, 0.717) is 25.3 Å². The van der Waals surface area contributed by atoms with Gasteiger partial charge in [0.1, 0.15) is 0 Å². The third kappa shape index (κ3) is 5.78. The summed E-state index contributed by atoms with van der Waals surface area (Å²) in [7, 11) is 0. The molecular formula is C30H39NO3. The Morgan fingerprint density at radius 2 is 1.82 bits per heavy atom. The largest absolute Gasteiger partial charge is 0.381 e. The van der Waals surface area contributed by atoms with Gasteiger partial charge < -0.3 is 9.64 Å². The zero-order valence-corrected chi connectivity index (χ0v) is 20.9. The molecular weight excluding hydrogens is 422 g/mol. The quantitative estimate of drug-likeness (QED) is 0.479. The van der Waals surface area contributed by atoms with E-state index < -0.39 is 0 Å². The molecule has 1 aromatic carbocycles. The highest BCUT2D eigenvalue weighted by molar-refractivity contribution is 6.02. The van der Waals surface area contributed by atoms with Crippen LogP contribution >= 0.6 is 0 Å². The standard InChI is InChI=1S/C30H39NO3/c1-3-31(24-16-18-34-19-17-24)28-13-9-12-27-26(28)11-8-6-4-5-7-10-23-20-22(2)21-30(33)25(23)14-15-29(27)32/h6,8-9,12-13,20,24H,3-5,7,10-11,14-19,21H2,1-2H3/b8-6+. The molecule has 1 saturated heterocycles. The van der Waals surface area contributed by atoms with Gasteiger partial charge in [0.2, 0.25) is 0 Å². The molecule has 0 N–H and O–H groups in total. The summed E-state index contributed by atoms with van der Waals surface area (Å²) in [5.74, 6) is 0.358. The van der Waals surface area contributed by atoms with Gasteiger partial charge in [-0.25, -0.2) is 0 Å². The number of nitrogens with zero attached hydrogens (tertiary/aromatic N) is 1. The van der Waals surface area contributed by atoms with Gasteiger partial charge in [-0.2, -0.15) is 0 Å². The second-order valence-corrected chi connectivity index (χ2v) is 9.87. The summed E-state index contributed by atoms with van der Waals surface area (Å²) in [5.41, 5.74) is 6.33. The van der Waals surface area contributed by atoms with E-state index in [2.05, 4.69) is 36.1 Å². The number of Topliss-reactive ketones (excluding diaryl/α,β-unsaturated/α-hetero) is 2. The lowest BCUT2D eigenvalue weighted by molar-refractivity contribution is -0.115. The molecule has 1 fully saturated rings. The number of ether oxygens (including phenoxy) is 1. The molecule has 1 aliphatic heterocycles. The maximum Gasteiger partial charge on any atom is 0.163 e. The molecule has 4 heteroatoms.